The van der Waals surface area contributed by atoms with Crippen LogP contribution < -0.4 is 5.32 Å². The summed E-state index contributed by atoms with van der Waals surface area (Å²) in [5, 5.41) is 3.46. The van der Waals surface area contributed by atoms with Crippen molar-refractivity contribution in [2.24, 2.45) is 5.41 Å². The third kappa shape index (κ3) is 2.72. The van der Waals surface area contributed by atoms with E-state index in [9.17, 15) is 4.55 Å². The molecule has 1 aliphatic heterocycles. The van der Waals surface area contributed by atoms with Gasteiger partial charge in [0, 0.05) is 18.4 Å². The van der Waals surface area contributed by atoms with Gasteiger partial charge in [-0.15, -0.1) is 4.31 Å². The molecular formula is C14H28N2OS. The van der Waals surface area contributed by atoms with E-state index < -0.39 is 11.4 Å². The monoisotopic (exact) mass is 272 g/mol. The van der Waals surface area contributed by atoms with E-state index in [0.29, 0.717) is 11.5 Å². The Morgan fingerprint density at radius 3 is 2.39 bits per heavy atom. The summed E-state index contributed by atoms with van der Waals surface area (Å²) in [6.45, 7) is 8.48. The number of nitrogens with one attached hydrogen (secondary N) is 1. The van der Waals surface area contributed by atoms with Gasteiger partial charge in [-0.2, -0.15) is 0 Å². The molecule has 18 heavy (non-hydrogen) atoms. The Balaban J connectivity index is 2.11. The van der Waals surface area contributed by atoms with Crippen LogP contribution >= 0.6 is 0 Å². The first-order valence-corrected chi connectivity index (χ1v) is 8.33. The van der Waals surface area contributed by atoms with Gasteiger partial charge < -0.3 is 9.87 Å². The standard InChI is InChI=1S/C14H28N2OS/c1-13(2,3)18(17)16(4)12-6-5-7-14(12)8-10-15-11-9-14/h12,15H,5-11H2,1-4H3/t12-,18?/m1/s1. The average Bonchev–Trinajstić information content (AvgIpc) is 2.70. The smallest absolute Gasteiger partial charge is 0.137 e. The van der Waals surface area contributed by atoms with Gasteiger partial charge in [0.15, 0.2) is 0 Å². The Bertz CT molecular complexity index is 284. The molecule has 0 amide bonds. The first-order valence-electron chi connectivity index (χ1n) is 7.22. The summed E-state index contributed by atoms with van der Waals surface area (Å²) in [6.07, 6.45) is 6.35. The van der Waals surface area contributed by atoms with Crippen molar-refractivity contribution < 1.29 is 4.55 Å². The van der Waals surface area contributed by atoms with Crippen molar-refractivity contribution in [2.75, 3.05) is 20.1 Å². The molecule has 2 aliphatic rings. The van der Waals surface area contributed by atoms with Crippen LogP contribution in [0, 0.1) is 5.41 Å². The molecule has 1 aliphatic carbocycles. The second-order valence-corrected chi connectivity index (χ2v) is 9.23. The summed E-state index contributed by atoms with van der Waals surface area (Å²) in [4.78, 5) is 0. The normalized spacial score (nSPS) is 30.0. The molecule has 4 heteroatoms. The fourth-order valence-corrected chi connectivity index (χ4v) is 5.17. The minimum Gasteiger partial charge on any atom is -0.597 e. The van der Waals surface area contributed by atoms with Crippen molar-refractivity contribution in [3.8, 4) is 0 Å². The lowest BCUT2D eigenvalue weighted by Gasteiger charge is -2.44. The Morgan fingerprint density at radius 2 is 1.83 bits per heavy atom. The molecule has 1 spiro atoms. The third-order valence-electron chi connectivity index (χ3n) is 4.68. The van der Waals surface area contributed by atoms with Crippen LogP contribution in [0.5, 0.6) is 0 Å². The molecule has 0 aromatic rings. The van der Waals surface area contributed by atoms with Gasteiger partial charge in [-0.05, 0) is 65.0 Å². The van der Waals surface area contributed by atoms with Crippen molar-refractivity contribution in [3.63, 3.8) is 0 Å². The summed E-state index contributed by atoms with van der Waals surface area (Å²) in [7, 11) is 2.07. The molecule has 2 atom stereocenters. The van der Waals surface area contributed by atoms with E-state index in [0.717, 1.165) is 13.1 Å². The molecule has 1 saturated carbocycles. The van der Waals surface area contributed by atoms with Crippen LogP contribution in [-0.4, -0.2) is 39.8 Å². The maximum atomic E-state index is 12.6. The minimum absolute atomic E-state index is 0.147. The van der Waals surface area contributed by atoms with Gasteiger partial charge in [0.05, 0.1) is 6.04 Å². The first kappa shape index (κ1) is 14.6. The highest BCUT2D eigenvalue weighted by Gasteiger charge is 2.49. The summed E-state index contributed by atoms with van der Waals surface area (Å²) in [6, 6.07) is 0.514. The molecule has 0 radical (unpaired) electrons. The highest BCUT2D eigenvalue weighted by atomic mass is 32.2. The molecule has 1 N–H and O–H groups in total. The van der Waals surface area contributed by atoms with Crippen LogP contribution in [0.1, 0.15) is 52.9 Å². The molecule has 0 aromatic heterocycles. The van der Waals surface area contributed by atoms with Gasteiger partial charge in [-0.25, -0.2) is 0 Å². The summed E-state index contributed by atoms with van der Waals surface area (Å²) < 4.78 is 14.6. The summed E-state index contributed by atoms with van der Waals surface area (Å²) >= 11 is -0.887. The zero-order chi connectivity index (χ0) is 13.4. The van der Waals surface area contributed by atoms with Crippen molar-refractivity contribution in [2.45, 2.75) is 63.7 Å². The fourth-order valence-electron chi connectivity index (χ4n) is 3.74. The van der Waals surface area contributed by atoms with Crippen LogP contribution in [0.3, 0.4) is 0 Å². The van der Waals surface area contributed by atoms with Gasteiger partial charge in [0.2, 0.25) is 0 Å². The van der Waals surface area contributed by atoms with Crippen LogP contribution in [-0.2, 0) is 11.4 Å². The number of hydrogen-bond donors (Lipinski definition) is 1. The number of nitrogens with zero attached hydrogens (tertiary/aromatic N) is 1. The Morgan fingerprint density at radius 1 is 1.22 bits per heavy atom. The van der Waals surface area contributed by atoms with Gasteiger partial charge in [-0.1, -0.05) is 6.42 Å². The Kier molecular flexibility index (Phi) is 4.32. The Hall–Kier alpha value is 0.230. The summed E-state index contributed by atoms with van der Waals surface area (Å²) in [5.41, 5.74) is 0.431. The van der Waals surface area contributed by atoms with E-state index in [4.69, 9.17) is 0 Å². The predicted molar refractivity (Wildman–Crippen MR) is 77.8 cm³/mol. The molecule has 3 nitrogen and oxygen atoms in total. The maximum absolute atomic E-state index is 12.6. The number of hydrogen-bond acceptors (Lipinski definition) is 3. The van der Waals surface area contributed by atoms with Crippen molar-refractivity contribution in [3.05, 3.63) is 0 Å². The minimum atomic E-state index is -0.887. The molecule has 0 aromatic carbocycles. The molecule has 106 valence electrons. The largest absolute Gasteiger partial charge is 0.597 e. The van der Waals surface area contributed by atoms with Gasteiger partial charge >= 0.3 is 0 Å². The molecule has 2 fully saturated rings. The SMILES string of the molecule is CN([C@@H]1CCCC12CCNCC2)[S+]([O-])C(C)(C)C. The molecule has 1 saturated heterocycles. The lowest BCUT2D eigenvalue weighted by atomic mass is 9.74. The summed E-state index contributed by atoms with van der Waals surface area (Å²) in [5.74, 6) is 0. The molecular weight excluding hydrogens is 244 g/mol. The van der Waals surface area contributed by atoms with E-state index in [-0.39, 0.29) is 4.75 Å². The highest BCUT2D eigenvalue weighted by molar-refractivity contribution is 7.90. The predicted octanol–water partition coefficient (Wildman–Crippen LogP) is 2.30. The van der Waals surface area contributed by atoms with Crippen molar-refractivity contribution in [1.29, 1.82) is 0 Å². The molecule has 0 bridgehead atoms. The zero-order valence-corrected chi connectivity index (χ0v) is 13.1. The second kappa shape index (κ2) is 5.31. The molecule has 2 rings (SSSR count). The maximum Gasteiger partial charge on any atom is 0.137 e. The first-order chi connectivity index (χ1) is 8.37. The van der Waals surface area contributed by atoms with E-state index in [1.54, 1.807) is 0 Å². The van der Waals surface area contributed by atoms with Crippen LogP contribution in [0.25, 0.3) is 0 Å². The van der Waals surface area contributed by atoms with Crippen LogP contribution in [0.15, 0.2) is 0 Å². The van der Waals surface area contributed by atoms with Crippen molar-refractivity contribution in [1.82, 2.24) is 9.62 Å². The fraction of sp³-hybridized carbons (Fsp3) is 1.00. The number of rotatable bonds is 2. The second-order valence-electron chi connectivity index (χ2n) is 6.93. The van der Waals surface area contributed by atoms with E-state index in [1.165, 1.54) is 32.1 Å². The van der Waals surface area contributed by atoms with E-state index in [2.05, 4.69) is 37.4 Å². The van der Waals surface area contributed by atoms with Gasteiger partial charge in [-0.3, -0.25) is 0 Å². The van der Waals surface area contributed by atoms with E-state index >= 15 is 0 Å². The topological polar surface area (TPSA) is 38.3 Å². The zero-order valence-electron chi connectivity index (χ0n) is 12.3. The van der Waals surface area contributed by atoms with Gasteiger partial charge in [0.25, 0.3) is 0 Å². The quantitative estimate of drug-likeness (QED) is 0.784. The van der Waals surface area contributed by atoms with Crippen molar-refractivity contribution >= 4 is 11.4 Å². The van der Waals surface area contributed by atoms with E-state index in [1.807, 2.05) is 0 Å². The highest BCUT2D eigenvalue weighted by Crippen LogP contribution is 2.48. The van der Waals surface area contributed by atoms with Gasteiger partial charge in [0.1, 0.15) is 4.75 Å². The average molecular weight is 272 g/mol. The Labute approximate surface area is 115 Å². The number of piperidine rings is 1. The lowest BCUT2D eigenvalue weighted by Crippen LogP contribution is -2.53. The lowest BCUT2D eigenvalue weighted by molar-refractivity contribution is 0.122. The molecule has 1 heterocycles. The van der Waals surface area contributed by atoms with Crippen LogP contribution in [0.2, 0.25) is 0 Å². The van der Waals surface area contributed by atoms with Crippen LogP contribution in [0.4, 0.5) is 0 Å². The third-order valence-corrected chi connectivity index (χ3v) is 6.51. The molecule has 1 unspecified atom stereocenters.